The number of likely N-dealkylation sites (tertiary alicyclic amines) is 1. The van der Waals surface area contributed by atoms with Crippen LogP contribution in [0.15, 0.2) is 54.1 Å². The predicted molar refractivity (Wildman–Crippen MR) is 132 cm³/mol. The van der Waals surface area contributed by atoms with Gasteiger partial charge in [-0.2, -0.15) is 0 Å². The molecular weight excluding hydrogens is 432 g/mol. The maximum atomic E-state index is 13.1. The molecule has 0 aromatic heterocycles. The molecule has 2 aromatic carbocycles. The SMILES string of the molecule is CCOc1ccc(C2/C(=C(\O)c3ccc(OC)cc3)C(=O)C(=O)N2CCCN(CC)CC)cc1. The molecule has 1 aliphatic heterocycles. The third-order valence-corrected chi connectivity index (χ3v) is 6.18. The van der Waals surface area contributed by atoms with E-state index in [9.17, 15) is 14.7 Å². The summed E-state index contributed by atoms with van der Waals surface area (Å²) in [5.74, 6) is -0.106. The van der Waals surface area contributed by atoms with Gasteiger partial charge < -0.3 is 24.4 Å². The van der Waals surface area contributed by atoms with E-state index in [1.54, 1.807) is 36.3 Å². The van der Waals surface area contributed by atoms with Gasteiger partial charge in [0.05, 0.1) is 25.3 Å². The van der Waals surface area contributed by atoms with Crippen molar-refractivity contribution in [2.24, 2.45) is 0 Å². The second-order valence-electron chi connectivity index (χ2n) is 8.10. The molecule has 7 nitrogen and oxygen atoms in total. The van der Waals surface area contributed by atoms with Crippen molar-refractivity contribution in [3.8, 4) is 11.5 Å². The number of Topliss-reactive ketones (excluding diaryl/α,β-unsaturated/α-hetero) is 1. The van der Waals surface area contributed by atoms with Crippen LogP contribution >= 0.6 is 0 Å². The van der Waals surface area contributed by atoms with Crippen molar-refractivity contribution < 1.29 is 24.2 Å². The van der Waals surface area contributed by atoms with Gasteiger partial charge in [0.2, 0.25) is 0 Å². The molecule has 7 heteroatoms. The van der Waals surface area contributed by atoms with Gasteiger partial charge in [-0.25, -0.2) is 0 Å². The van der Waals surface area contributed by atoms with E-state index < -0.39 is 17.7 Å². The van der Waals surface area contributed by atoms with Gasteiger partial charge in [0.25, 0.3) is 11.7 Å². The summed E-state index contributed by atoms with van der Waals surface area (Å²) in [6.45, 7) is 9.75. The number of amides is 1. The average molecular weight is 467 g/mol. The summed E-state index contributed by atoms with van der Waals surface area (Å²) in [5, 5.41) is 11.2. The molecule has 1 N–H and O–H groups in total. The van der Waals surface area contributed by atoms with Crippen LogP contribution in [0.25, 0.3) is 5.76 Å². The van der Waals surface area contributed by atoms with Gasteiger partial charge in [-0.15, -0.1) is 0 Å². The second-order valence-corrected chi connectivity index (χ2v) is 8.10. The molecule has 1 unspecified atom stereocenters. The maximum absolute atomic E-state index is 13.1. The van der Waals surface area contributed by atoms with Crippen molar-refractivity contribution >= 4 is 17.4 Å². The van der Waals surface area contributed by atoms with Gasteiger partial charge in [-0.05, 0) is 74.9 Å². The van der Waals surface area contributed by atoms with Gasteiger partial charge in [-0.3, -0.25) is 9.59 Å². The largest absolute Gasteiger partial charge is 0.507 e. The second kappa shape index (κ2) is 11.7. The van der Waals surface area contributed by atoms with E-state index in [1.165, 1.54) is 0 Å². The molecule has 1 atom stereocenters. The number of aliphatic hydroxyl groups excluding tert-OH is 1. The summed E-state index contributed by atoms with van der Waals surface area (Å²) in [6.07, 6.45) is 0.727. The van der Waals surface area contributed by atoms with Gasteiger partial charge in [0.15, 0.2) is 0 Å². The third-order valence-electron chi connectivity index (χ3n) is 6.18. The van der Waals surface area contributed by atoms with E-state index in [0.29, 0.717) is 30.2 Å². The molecule has 1 aliphatic rings. The van der Waals surface area contributed by atoms with Crippen molar-refractivity contribution in [3.63, 3.8) is 0 Å². The Morgan fingerprint density at radius 1 is 0.971 bits per heavy atom. The standard InChI is InChI=1S/C27H34N2O5/c1-5-28(6-2)17-8-18-29-24(19-9-15-22(16-10-19)34-7-3)23(26(31)27(29)32)25(30)20-11-13-21(33-4)14-12-20/h9-16,24,30H,5-8,17-18H2,1-4H3/b25-23+. The first-order valence-corrected chi connectivity index (χ1v) is 11.8. The van der Waals surface area contributed by atoms with Gasteiger partial charge in [-0.1, -0.05) is 26.0 Å². The summed E-state index contributed by atoms with van der Waals surface area (Å²) in [4.78, 5) is 30.1. The fraction of sp³-hybridized carbons (Fsp3) is 0.407. The minimum Gasteiger partial charge on any atom is -0.507 e. The molecule has 0 saturated carbocycles. The van der Waals surface area contributed by atoms with Crippen LogP contribution in [0.1, 0.15) is 44.4 Å². The smallest absolute Gasteiger partial charge is 0.295 e. The number of carbonyl (C=O) groups is 2. The molecule has 0 aliphatic carbocycles. The van der Waals surface area contributed by atoms with Crippen LogP contribution in [0.3, 0.4) is 0 Å². The number of carbonyl (C=O) groups excluding carboxylic acids is 2. The molecule has 1 heterocycles. The maximum Gasteiger partial charge on any atom is 0.295 e. The Morgan fingerprint density at radius 2 is 1.59 bits per heavy atom. The third kappa shape index (κ3) is 5.42. The fourth-order valence-electron chi connectivity index (χ4n) is 4.28. The lowest BCUT2D eigenvalue weighted by atomic mass is 9.95. The van der Waals surface area contributed by atoms with Crippen molar-refractivity contribution in [1.29, 1.82) is 0 Å². The minimum absolute atomic E-state index is 0.0992. The van der Waals surface area contributed by atoms with Crippen molar-refractivity contribution in [1.82, 2.24) is 9.80 Å². The number of nitrogens with zero attached hydrogens (tertiary/aromatic N) is 2. The van der Waals surface area contributed by atoms with Gasteiger partial charge >= 0.3 is 0 Å². The average Bonchev–Trinajstić information content (AvgIpc) is 3.12. The normalized spacial score (nSPS) is 17.4. The number of hydrogen-bond donors (Lipinski definition) is 1. The van der Waals surface area contributed by atoms with Gasteiger partial charge in [0, 0.05) is 12.1 Å². The number of rotatable bonds is 11. The highest BCUT2D eigenvalue weighted by Gasteiger charge is 2.45. The number of hydrogen-bond acceptors (Lipinski definition) is 6. The van der Waals surface area contributed by atoms with Crippen molar-refractivity contribution in [2.75, 3.05) is 39.9 Å². The highest BCUT2D eigenvalue weighted by atomic mass is 16.5. The van der Waals surface area contributed by atoms with Crippen LogP contribution in [-0.2, 0) is 9.59 Å². The quantitative estimate of drug-likeness (QED) is 0.303. The number of methoxy groups -OCH3 is 1. The predicted octanol–water partition coefficient (Wildman–Crippen LogP) is 4.25. The first-order chi connectivity index (χ1) is 16.4. The molecule has 3 rings (SSSR count). The van der Waals surface area contributed by atoms with Crippen molar-refractivity contribution in [2.45, 2.75) is 33.2 Å². The highest BCUT2D eigenvalue weighted by Crippen LogP contribution is 2.40. The van der Waals surface area contributed by atoms with Crippen LogP contribution in [0.5, 0.6) is 11.5 Å². The summed E-state index contributed by atoms with van der Waals surface area (Å²) in [6, 6.07) is 13.4. The molecule has 182 valence electrons. The molecule has 0 bridgehead atoms. The molecule has 1 amide bonds. The summed E-state index contributed by atoms with van der Waals surface area (Å²) < 4.78 is 10.7. The molecular formula is C27H34N2O5. The van der Waals surface area contributed by atoms with E-state index in [-0.39, 0.29) is 11.3 Å². The molecule has 2 aromatic rings. The fourth-order valence-corrected chi connectivity index (χ4v) is 4.28. The van der Waals surface area contributed by atoms with Crippen LogP contribution < -0.4 is 9.47 Å². The highest BCUT2D eigenvalue weighted by molar-refractivity contribution is 6.46. The Labute approximate surface area is 201 Å². The number of ketones is 1. The number of ether oxygens (including phenoxy) is 2. The Hall–Kier alpha value is -3.32. The zero-order chi connectivity index (χ0) is 24.7. The van der Waals surface area contributed by atoms with Crippen molar-refractivity contribution in [3.05, 3.63) is 65.2 Å². The first-order valence-electron chi connectivity index (χ1n) is 11.8. The van der Waals surface area contributed by atoms with Crippen LogP contribution in [0.2, 0.25) is 0 Å². The summed E-state index contributed by atoms with van der Waals surface area (Å²) >= 11 is 0. The lowest BCUT2D eigenvalue weighted by Gasteiger charge is -2.27. The van der Waals surface area contributed by atoms with E-state index in [1.807, 2.05) is 31.2 Å². The zero-order valence-corrected chi connectivity index (χ0v) is 20.4. The molecule has 1 fully saturated rings. The number of benzene rings is 2. The monoisotopic (exact) mass is 466 g/mol. The topological polar surface area (TPSA) is 79.3 Å². The first kappa shape index (κ1) is 25.3. The minimum atomic E-state index is -0.672. The Morgan fingerprint density at radius 3 is 2.15 bits per heavy atom. The van der Waals surface area contributed by atoms with E-state index in [4.69, 9.17) is 9.47 Å². The van der Waals surface area contributed by atoms with E-state index in [2.05, 4.69) is 18.7 Å². The molecule has 0 radical (unpaired) electrons. The molecule has 0 spiro atoms. The van der Waals surface area contributed by atoms with Crippen LogP contribution in [0, 0.1) is 0 Å². The van der Waals surface area contributed by atoms with Crippen LogP contribution in [0.4, 0.5) is 0 Å². The molecule has 1 saturated heterocycles. The molecule has 34 heavy (non-hydrogen) atoms. The zero-order valence-electron chi connectivity index (χ0n) is 20.4. The Balaban J connectivity index is 2.01. The summed E-state index contributed by atoms with van der Waals surface area (Å²) in [5.41, 5.74) is 1.31. The summed E-state index contributed by atoms with van der Waals surface area (Å²) in [7, 11) is 1.56. The lowest BCUT2D eigenvalue weighted by molar-refractivity contribution is -0.140. The van der Waals surface area contributed by atoms with Gasteiger partial charge in [0.1, 0.15) is 17.3 Å². The van der Waals surface area contributed by atoms with E-state index >= 15 is 0 Å². The lowest BCUT2D eigenvalue weighted by Crippen LogP contribution is -2.33. The Kier molecular flexibility index (Phi) is 8.71. The Bertz CT molecular complexity index is 1010. The van der Waals surface area contributed by atoms with E-state index in [0.717, 1.165) is 31.6 Å². The van der Waals surface area contributed by atoms with Crippen LogP contribution in [-0.4, -0.2) is 66.5 Å². The number of aliphatic hydroxyl groups is 1.